The fraction of sp³-hybridized carbons (Fsp3) is 0.318. The van der Waals surface area contributed by atoms with E-state index < -0.39 is 29.2 Å². The lowest BCUT2D eigenvalue weighted by molar-refractivity contribution is -0.140. The first-order valence-electron chi connectivity index (χ1n) is 9.66. The maximum Gasteiger partial charge on any atom is 0.325 e. The maximum atomic E-state index is 13.4. The number of aliphatic carboxylic acids is 1. The molecule has 1 aromatic heterocycles. The molecule has 1 aliphatic heterocycles. The van der Waals surface area contributed by atoms with Gasteiger partial charge in [-0.15, -0.1) is 0 Å². The number of allylic oxidation sites excluding steroid dienone is 1. The topological polar surface area (TPSA) is 109 Å². The summed E-state index contributed by atoms with van der Waals surface area (Å²) in [4.78, 5) is 37.3. The number of benzene rings is 1. The van der Waals surface area contributed by atoms with Crippen LogP contribution in [0.4, 0.5) is 0 Å². The van der Waals surface area contributed by atoms with E-state index in [0.717, 1.165) is 18.4 Å². The lowest BCUT2D eigenvalue weighted by Gasteiger charge is -2.37. The Bertz CT molecular complexity index is 1030. The molecule has 150 valence electrons. The van der Waals surface area contributed by atoms with Gasteiger partial charge in [-0.1, -0.05) is 43.2 Å². The smallest absolute Gasteiger partial charge is 0.325 e. The molecule has 1 atom stereocenters. The van der Waals surface area contributed by atoms with Gasteiger partial charge in [-0.05, 0) is 31.4 Å². The van der Waals surface area contributed by atoms with Gasteiger partial charge in [0.15, 0.2) is 0 Å². The molecule has 2 heterocycles. The first kappa shape index (κ1) is 19.0. The average Bonchev–Trinajstić information content (AvgIpc) is 3.35. The molecule has 29 heavy (non-hydrogen) atoms. The van der Waals surface area contributed by atoms with E-state index in [4.69, 9.17) is 5.11 Å². The summed E-state index contributed by atoms with van der Waals surface area (Å²) in [7, 11) is 0. The largest absolute Gasteiger partial charge is 0.509 e. The lowest BCUT2D eigenvalue weighted by Crippen LogP contribution is -2.46. The van der Waals surface area contributed by atoms with Gasteiger partial charge in [0, 0.05) is 11.8 Å². The lowest BCUT2D eigenvalue weighted by atomic mass is 9.84. The van der Waals surface area contributed by atoms with Crippen LogP contribution >= 0.6 is 0 Å². The van der Waals surface area contributed by atoms with E-state index in [0.29, 0.717) is 24.1 Å². The molecule has 3 N–H and O–H groups in total. The van der Waals surface area contributed by atoms with Crippen LogP contribution in [0.15, 0.2) is 53.9 Å². The van der Waals surface area contributed by atoms with Gasteiger partial charge in [-0.2, -0.15) is 0 Å². The third-order valence-electron chi connectivity index (χ3n) is 5.93. The number of nitrogens with zero attached hydrogens (tertiary/aromatic N) is 1. The number of hydrogen-bond donors (Lipinski definition) is 3. The van der Waals surface area contributed by atoms with E-state index in [9.17, 15) is 19.5 Å². The summed E-state index contributed by atoms with van der Waals surface area (Å²) in [5.74, 6) is -2.94. The number of aliphatic hydroxyl groups is 1. The van der Waals surface area contributed by atoms with Gasteiger partial charge in [0.1, 0.15) is 22.9 Å². The minimum Gasteiger partial charge on any atom is -0.509 e. The number of amides is 1. The number of carboxylic acids is 1. The van der Waals surface area contributed by atoms with Crippen molar-refractivity contribution in [1.82, 2.24) is 9.88 Å². The Labute approximate surface area is 167 Å². The van der Waals surface area contributed by atoms with Crippen molar-refractivity contribution >= 4 is 17.7 Å². The minimum atomic E-state index is -1.22. The summed E-state index contributed by atoms with van der Waals surface area (Å²) >= 11 is 0. The zero-order valence-corrected chi connectivity index (χ0v) is 16.0. The number of nitrogens with one attached hydrogen (secondary N) is 1. The number of aromatic nitrogens is 1. The SMILES string of the molecule is CC(NC(=O)C1=C(O)C2(CCCC2)n2ccc(-c3ccccc3)c2C1=O)C(=O)O. The molecule has 1 fully saturated rings. The molecule has 1 aliphatic carbocycles. The molecular formula is C22H22N2O5. The Kier molecular flexibility index (Phi) is 4.53. The van der Waals surface area contributed by atoms with E-state index in [2.05, 4.69) is 5.32 Å². The molecule has 1 saturated carbocycles. The van der Waals surface area contributed by atoms with Crippen molar-refractivity contribution in [2.45, 2.75) is 44.2 Å². The molecule has 4 rings (SSSR count). The molecule has 2 aromatic rings. The van der Waals surface area contributed by atoms with Crippen LogP contribution in [-0.2, 0) is 15.1 Å². The fourth-order valence-electron chi connectivity index (χ4n) is 4.42. The van der Waals surface area contributed by atoms with Crippen LogP contribution in [0.1, 0.15) is 43.1 Å². The van der Waals surface area contributed by atoms with Gasteiger partial charge in [0.05, 0.1) is 5.69 Å². The number of rotatable bonds is 4. The van der Waals surface area contributed by atoms with Crippen molar-refractivity contribution in [2.75, 3.05) is 0 Å². The van der Waals surface area contributed by atoms with E-state index in [1.54, 1.807) is 10.8 Å². The number of carboxylic acid groups (broad SMARTS) is 1. The summed E-state index contributed by atoms with van der Waals surface area (Å²) in [6, 6.07) is 10.0. The molecule has 1 aromatic carbocycles. The van der Waals surface area contributed by atoms with E-state index in [1.807, 2.05) is 36.4 Å². The summed E-state index contributed by atoms with van der Waals surface area (Å²) < 4.78 is 1.80. The molecule has 0 radical (unpaired) electrons. The molecule has 1 unspecified atom stereocenters. The van der Waals surface area contributed by atoms with Crippen LogP contribution in [-0.4, -0.2) is 38.5 Å². The van der Waals surface area contributed by atoms with E-state index in [1.165, 1.54) is 6.92 Å². The van der Waals surface area contributed by atoms with Crippen molar-refractivity contribution in [3.63, 3.8) is 0 Å². The number of Topliss-reactive ketones (excluding diaryl/α,β-unsaturated/α-hetero) is 1. The summed E-state index contributed by atoms with van der Waals surface area (Å²) in [6.45, 7) is 1.31. The number of carbonyl (C=O) groups excluding carboxylic acids is 2. The highest BCUT2D eigenvalue weighted by molar-refractivity contribution is 6.28. The number of carbonyl (C=O) groups is 3. The third-order valence-corrected chi connectivity index (χ3v) is 5.93. The van der Waals surface area contributed by atoms with Crippen molar-refractivity contribution in [2.24, 2.45) is 0 Å². The third kappa shape index (κ3) is 2.85. The van der Waals surface area contributed by atoms with Gasteiger partial charge in [0.2, 0.25) is 5.78 Å². The first-order chi connectivity index (χ1) is 13.9. The van der Waals surface area contributed by atoms with Gasteiger partial charge < -0.3 is 20.1 Å². The van der Waals surface area contributed by atoms with E-state index in [-0.39, 0.29) is 11.3 Å². The second-order valence-corrected chi connectivity index (χ2v) is 7.64. The van der Waals surface area contributed by atoms with Crippen LogP contribution < -0.4 is 5.32 Å². The number of hydrogen-bond acceptors (Lipinski definition) is 4. The molecule has 0 bridgehead atoms. The zero-order chi connectivity index (χ0) is 20.8. The number of ketones is 1. The number of aliphatic hydroxyl groups excluding tert-OH is 1. The van der Waals surface area contributed by atoms with Crippen LogP contribution in [0, 0.1) is 0 Å². The minimum absolute atomic E-state index is 0.266. The predicted octanol–water partition coefficient (Wildman–Crippen LogP) is 3.02. The van der Waals surface area contributed by atoms with Crippen LogP contribution in [0.5, 0.6) is 0 Å². The van der Waals surface area contributed by atoms with Gasteiger partial charge in [0.25, 0.3) is 5.91 Å². The van der Waals surface area contributed by atoms with Gasteiger partial charge in [-0.25, -0.2) is 0 Å². The molecule has 1 amide bonds. The fourth-order valence-corrected chi connectivity index (χ4v) is 4.42. The second kappa shape index (κ2) is 6.92. The van der Waals surface area contributed by atoms with Crippen molar-refractivity contribution in [3.05, 3.63) is 59.6 Å². The summed E-state index contributed by atoms with van der Waals surface area (Å²) in [5.41, 5.74) is 0.663. The van der Waals surface area contributed by atoms with Gasteiger partial charge >= 0.3 is 5.97 Å². The molecule has 2 aliphatic rings. The highest BCUT2D eigenvalue weighted by Crippen LogP contribution is 2.48. The normalized spacial score (nSPS) is 18.6. The van der Waals surface area contributed by atoms with Crippen molar-refractivity contribution < 1.29 is 24.6 Å². The first-order valence-corrected chi connectivity index (χ1v) is 9.66. The second-order valence-electron chi connectivity index (χ2n) is 7.64. The average molecular weight is 394 g/mol. The Balaban J connectivity index is 1.87. The molecular weight excluding hydrogens is 372 g/mol. The summed E-state index contributed by atoms with van der Waals surface area (Å²) in [6.07, 6.45) is 4.72. The van der Waals surface area contributed by atoms with Gasteiger partial charge in [-0.3, -0.25) is 14.4 Å². The molecule has 7 heteroatoms. The predicted molar refractivity (Wildman–Crippen MR) is 106 cm³/mol. The van der Waals surface area contributed by atoms with Crippen LogP contribution in [0.2, 0.25) is 0 Å². The monoisotopic (exact) mass is 394 g/mol. The Hall–Kier alpha value is -3.35. The Morgan fingerprint density at radius 1 is 1.14 bits per heavy atom. The maximum absolute atomic E-state index is 13.4. The Morgan fingerprint density at radius 2 is 1.79 bits per heavy atom. The molecule has 0 saturated heterocycles. The van der Waals surface area contributed by atoms with E-state index >= 15 is 0 Å². The summed E-state index contributed by atoms with van der Waals surface area (Å²) in [5, 5.41) is 22.5. The van der Waals surface area contributed by atoms with Crippen molar-refractivity contribution in [1.29, 1.82) is 0 Å². The highest BCUT2D eigenvalue weighted by atomic mass is 16.4. The number of fused-ring (bicyclic) bond motifs is 2. The molecule has 1 spiro atoms. The quantitative estimate of drug-likeness (QED) is 0.691. The van der Waals surface area contributed by atoms with Crippen LogP contribution in [0.3, 0.4) is 0 Å². The standard InChI is InChI=1S/C22H22N2O5/c1-13(21(28)29)23-20(27)16-18(25)17-15(14-7-3-2-4-8-14)9-12-24(17)22(19(16)26)10-5-6-11-22/h2-4,7-9,12-13,26H,5-6,10-11H2,1H3,(H,23,27)(H,28,29). The Morgan fingerprint density at radius 3 is 2.41 bits per heavy atom. The van der Waals surface area contributed by atoms with Crippen molar-refractivity contribution in [3.8, 4) is 11.1 Å². The zero-order valence-electron chi connectivity index (χ0n) is 16.0. The highest BCUT2D eigenvalue weighted by Gasteiger charge is 2.49. The van der Waals surface area contributed by atoms with Crippen LogP contribution in [0.25, 0.3) is 11.1 Å². The molecule has 7 nitrogen and oxygen atoms in total.